The van der Waals surface area contributed by atoms with Crippen LogP contribution in [0.4, 0.5) is 0 Å². The molecule has 1 amide bonds. The van der Waals surface area contributed by atoms with Gasteiger partial charge in [-0.15, -0.1) is 0 Å². The van der Waals surface area contributed by atoms with Crippen LogP contribution in [0.3, 0.4) is 0 Å². The molecule has 7 rings (SSSR count). The third kappa shape index (κ3) is 4.05. The van der Waals surface area contributed by atoms with Gasteiger partial charge in [-0.25, -0.2) is 4.98 Å². The maximum Gasteiger partial charge on any atom is 0.309 e. The predicted molar refractivity (Wildman–Crippen MR) is 150 cm³/mol. The maximum atomic E-state index is 13.6. The summed E-state index contributed by atoms with van der Waals surface area (Å²) in [5, 5.41) is 11.0. The molecule has 39 heavy (non-hydrogen) atoms. The van der Waals surface area contributed by atoms with Gasteiger partial charge in [0.1, 0.15) is 5.65 Å². The summed E-state index contributed by atoms with van der Waals surface area (Å²) >= 11 is 0. The minimum atomic E-state index is -0.675. The third-order valence-corrected chi connectivity index (χ3v) is 9.73. The second-order valence-corrected chi connectivity index (χ2v) is 12.0. The molecule has 0 saturated heterocycles. The first-order chi connectivity index (χ1) is 19.0. The number of aliphatic carboxylic acids is 1. The number of nitrogens with zero attached hydrogens (tertiary/aromatic N) is 3. The van der Waals surface area contributed by atoms with E-state index in [1.165, 1.54) is 33.3 Å². The van der Waals surface area contributed by atoms with Crippen LogP contribution in [0.5, 0.6) is 0 Å². The summed E-state index contributed by atoms with van der Waals surface area (Å²) in [5.74, 6) is -0.508. The number of hydrogen-bond donors (Lipinski definition) is 1. The fourth-order valence-electron chi connectivity index (χ4n) is 7.55. The number of aromatic nitrogens is 2. The van der Waals surface area contributed by atoms with Gasteiger partial charge in [0, 0.05) is 36.8 Å². The molecular formula is C33H33N3O3. The molecule has 2 saturated carbocycles. The number of benzene rings is 2. The Bertz CT molecular complexity index is 1560. The molecule has 0 unspecified atom stereocenters. The van der Waals surface area contributed by atoms with Crippen LogP contribution in [0.25, 0.3) is 22.2 Å². The Kier molecular flexibility index (Phi) is 5.62. The Balaban J connectivity index is 1.14. The highest BCUT2D eigenvalue weighted by atomic mass is 16.4. The molecule has 2 fully saturated rings. The summed E-state index contributed by atoms with van der Waals surface area (Å²) < 4.78 is 2.29. The minimum absolute atomic E-state index is 0.134. The summed E-state index contributed by atoms with van der Waals surface area (Å²) in [4.78, 5) is 32.3. The van der Waals surface area contributed by atoms with Crippen LogP contribution in [-0.4, -0.2) is 38.0 Å². The van der Waals surface area contributed by atoms with Crippen LogP contribution in [0, 0.1) is 10.8 Å². The second-order valence-electron chi connectivity index (χ2n) is 12.0. The van der Waals surface area contributed by atoms with Crippen molar-refractivity contribution in [1.82, 2.24) is 14.5 Å². The number of carbonyl (C=O) groups excluding carboxylic acids is 1. The molecule has 1 N–H and O–H groups in total. The van der Waals surface area contributed by atoms with Crippen LogP contribution < -0.4 is 0 Å². The van der Waals surface area contributed by atoms with E-state index in [1.54, 1.807) is 0 Å². The highest BCUT2D eigenvalue weighted by molar-refractivity contribution is 5.84. The van der Waals surface area contributed by atoms with Gasteiger partial charge >= 0.3 is 5.97 Å². The first kappa shape index (κ1) is 24.1. The van der Waals surface area contributed by atoms with Gasteiger partial charge in [0.05, 0.1) is 12.0 Å². The molecule has 2 aliphatic carbocycles. The molecule has 3 heterocycles. The minimum Gasteiger partial charge on any atom is -0.481 e. The van der Waals surface area contributed by atoms with Crippen molar-refractivity contribution in [3.63, 3.8) is 0 Å². The smallest absolute Gasteiger partial charge is 0.309 e. The molecule has 6 heteroatoms. The lowest BCUT2D eigenvalue weighted by molar-refractivity contribution is -0.148. The molecular weight excluding hydrogens is 486 g/mol. The quantitative estimate of drug-likeness (QED) is 0.336. The van der Waals surface area contributed by atoms with Crippen molar-refractivity contribution < 1.29 is 14.7 Å². The van der Waals surface area contributed by atoms with Gasteiger partial charge in [-0.3, -0.25) is 9.59 Å². The van der Waals surface area contributed by atoms with E-state index in [1.807, 2.05) is 23.2 Å². The van der Waals surface area contributed by atoms with Gasteiger partial charge in [0.15, 0.2) is 0 Å². The van der Waals surface area contributed by atoms with Crippen molar-refractivity contribution in [1.29, 1.82) is 0 Å². The number of rotatable bonds is 6. The lowest BCUT2D eigenvalue weighted by Gasteiger charge is -2.33. The van der Waals surface area contributed by atoms with Crippen LogP contribution in [0.2, 0.25) is 0 Å². The summed E-state index contributed by atoms with van der Waals surface area (Å²) in [7, 11) is 0. The van der Waals surface area contributed by atoms with Gasteiger partial charge < -0.3 is 14.6 Å². The number of fused-ring (bicyclic) bond motifs is 5. The van der Waals surface area contributed by atoms with E-state index in [9.17, 15) is 14.7 Å². The Hall–Kier alpha value is -3.93. The van der Waals surface area contributed by atoms with Crippen LogP contribution in [0.15, 0.2) is 72.9 Å². The summed E-state index contributed by atoms with van der Waals surface area (Å²) in [5.41, 5.74) is 6.31. The van der Waals surface area contributed by atoms with E-state index in [-0.39, 0.29) is 11.3 Å². The number of amides is 1. The molecule has 2 bridgehead atoms. The Morgan fingerprint density at radius 2 is 1.64 bits per heavy atom. The first-order valence-corrected chi connectivity index (χ1v) is 14.1. The van der Waals surface area contributed by atoms with E-state index in [0.717, 1.165) is 24.9 Å². The maximum absolute atomic E-state index is 13.6. The first-order valence-electron chi connectivity index (χ1n) is 14.1. The fourth-order valence-corrected chi connectivity index (χ4v) is 7.55. The molecule has 4 aromatic rings. The normalized spacial score (nSPS) is 23.7. The van der Waals surface area contributed by atoms with Gasteiger partial charge in [0.25, 0.3) is 0 Å². The summed E-state index contributed by atoms with van der Waals surface area (Å²) in [6.45, 7) is 1.98. The van der Waals surface area contributed by atoms with Crippen molar-refractivity contribution >= 4 is 22.9 Å². The van der Waals surface area contributed by atoms with Crippen molar-refractivity contribution in [2.24, 2.45) is 10.8 Å². The van der Waals surface area contributed by atoms with E-state index in [4.69, 9.17) is 4.98 Å². The SMILES string of the molecule is O=C(CC12CCC(C(=O)O)(CC1)C2)N1CCc2c(n(Cc3ccc(-c4ccccc4)cc3)c3ncccc23)C1. The van der Waals surface area contributed by atoms with Gasteiger partial charge in [-0.2, -0.15) is 0 Å². The molecule has 3 aliphatic rings. The molecule has 2 aromatic heterocycles. The Morgan fingerprint density at radius 3 is 2.36 bits per heavy atom. The van der Waals surface area contributed by atoms with E-state index >= 15 is 0 Å². The van der Waals surface area contributed by atoms with Crippen molar-refractivity contribution in [2.45, 2.75) is 58.0 Å². The Morgan fingerprint density at radius 1 is 0.897 bits per heavy atom. The zero-order valence-electron chi connectivity index (χ0n) is 22.1. The predicted octanol–water partition coefficient (Wildman–Crippen LogP) is 6.06. The second kappa shape index (κ2) is 9.08. The van der Waals surface area contributed by atoms with E-state index in [0.29, 0.717) is 45.3 Å². The van der Waals surface area contributed by atoms with Crippen molar-refractivity contribution in [3.8, 4) is 11.1 Å². The molecule has 2 aromatic carbocycles. The molecule has 198 valence electrons. The number of hydrogen-bond acceptors (Lipinski definition) is 3. The largest absolute Gasteiger partial charge is 0.481 e. The van der Waals surface area contributed by atoms with Crippen molar-refractivity contribution in [3.05, 3.63) is 89.7 Å². The lowest BCUT2D eigenvalue weighted by Crippen LogP contribution is -2.39. The summed E-state index contributed by atoms with van der Waals surface area (Å²) in [6.07, 6.45) is 6.92. The third-order valence-electron chi connectivity index (χ3n) is 9.73. The zero-order valence-corrected chi connectivity index (χ0v) is 22.1. The van der Waals surface area contributed by atoms with Crippen LogP contribution in [0.1, 0.15) is 55.3 Å². The average Bonchev–Trinajstić information content (AvgIpc) is 3.63. The molecule has 6 nitrogen and oxygen atoms in total. The molecule has 0 radical (unpaired) electrons. The highest BCUT2D eigenvalue weighted by Crippen LogP contribution is 2.63. The molecule has 1 aliphatic heterocycles. The monoisotopic (exact) mass is 519 g/mol. The Labute approximate surface area is 228 Å². The lowest BCUT2D eigenvalue weighted by atomic mass is 9.80. The van der Waals surface area contributed by atoms with Gasteiger partial charge in [-0.05, 0) is 78.3 Å². The van der Waals surface area contributed by atoms with E-state index < -0.39 is 11.4 Å². The number of carboxylic acids is 1. The van der Waals surface area contributed by atoms with Crippen molar-refractivity contribution in [2.75, 3.05) is 6.54 Å². The zero-order chi connectivity index (χ0) is 26.6. The van der Waals surface area contributed by atoms with Crippen LogP contribution >= 0.6 is 0 Å². The number of carbonyl (C=O) groups is 2. The van der Waals surface area contributed by atoms with Gasteiger partial charge in [-0.1, -0.05) is 54.6 Å². The van der Waals surface area contributed by atoms with E-state index in [2.05, 4.69) is 59.2 Å². The number of pyridine rings is 1. The molecule has 0 spiro atoms. The molecule has 0 atom stereocenters. The van der Waals surface area contributed by atoms with Crippen LogP contribution in [-0.2, 0) is 29.1 Å². The summed E-state index contributed by atoms with van der Waals surface area (Å²) in [6, 6.07) is 23.2. The standard InChI is InChI=1S/C33H33N3O3/c37-29(19-32-13-15-33(22-32,16-14-32)31(38)39)35-18-12-26-27-7-4-17-34-30(27)36(28(26)21-35)20-23-8-10-25(11-9-23)24-5-2-1-3-6-24/h1-11,17H,12-16,18-22H2,(H,38,39). The number of carboxylic acid groups (broad SMARTS) is 1. The average molecular weight is 520 g/mol. The highest BCUT2D eigenvalue weighted by Gasteiger charge is 2.58. The van der Waals surface area contributed by atoms with Gasteiger partial charge in [0.2, 0.25) is 5.91 Å². The topological polar surface area (TPSA) is 75.4 Å². The fraction of sp³-hybridized carbons (Fsp3) is 0.364.